The minimum Gasteiger partial charge on any atom is -0.392 e. The van der Waals surface area contributed by atoms with Gasteiger partial charge in [0, 0.05) is 24.0 Å². The highest BCUT2D eigenvalue weighted by molar-refractivity contribution is 5.97. The van der Waals surface area contributed by atoms with E-state index in [1.165, 1.54) is 5.57 Å². The molecule has 0 radical (unpaired) electrons. The molecule has 0 aromatic carbocycles. The average Bonchev–Trinajstić information content (AvgIpc) is 2.90. The van der Waals surface area contributed by atoms with Crippen LogP contribution in [0, 0.1) is 5.41 Å². The summed E-state index contributed by atoms with van der Waals surface area (Å²) >= 11 is 0. The van der Waals surface area contributed by atoms with Crippen LogP contribution in [0.5, 0.6) is 0 Å². The van der Waals surface area contributed by atoms with Gasteiger partial charge in [-0.15, -0.1) is 0 Å². The Morgan fingerprint density at radius 3 is 2.76 bits per heavy atom. The van der Waals surface area contributed by atoms with Gasteiger partial charge in [0.2, 0.25) is 0 Å². The smallest absolute Gasteiger partial charge is 0.161 e. The van der Waals surface area contributed by atoms with Crippen molar-refractivity contribution in [1.82, 2.24) is 0 Å². The first-order valence-electron chi connectivity index (χ1n) is 6.63. The number of fused-ring (bicyclic) bond motifs is 2. The molecule has 1 saturated carbocycles. The summed E-state index contributed by atoms with van der Waals surface area (Å²) in [6.07, 6.45) is 5.66. The summed E-state index contributed by atoms with van der Waals surface area (Å²) < 4.78 is 6.07. The molecular formula is C14H20O3. The van der Waals surface area contributed by atoms with Crippen molar-refractivity contribution >= 4 is 5.78 Å². The van der Waals surface area contributed by atoms with Gasteiger partial charge in [0.1, 0.15) is 0 Å². The van der Waals surface area contributed by atoms with E-state index < -0.39 is 0 Å². The van der Waals surface area contributed by atoms with Gasteiger partial charge >= 0.3 is 0 Å². The quantitative estimate of drug-likeness (QED) is 0.757. The van der Waals surface area contributed by atoms with Gasteiger partial charge in [0.25, 0.3) is 0 Å². The summed E-state index contributed by atoms with van der Waals surface area (Å²) in [5, 5.41) is 9.43. The molecule has 0 aromatic heterocycles. The van der Waals surface area contributed by atoms with E-state index in [0.29, 0.717) is 12.0 Å². The van der Waals surface area contributed by atoms with Crippen LogP contribution in [0.3, 0.4) is 0 Å². The van der Waals surface area contributed by atoms with Crippen LogP contribution in [0.1, 0.15) is 45.4 Å². The van der Waals surface area contributed by atoms with Crippen molar-refractivity contribution in [3.8, 4) is 0 Å². The van der Waals surface area contributed by atoms with Crippen LogP contribution in [0.15, 0.2) is 11.1 Å². The summed E-state index contributed by atoms with van der Waals surface area (Å²) in [4.78, 5) is 11.9. The van der Waals surface area contributed by atoms with Gasteiger partial charge in [0.05, 0.1) is 12.2 Å². The van der Waals surface area contributed by atoms with E-state index in [1.807, 2.05) is 0 Å². The Kier molecular flexibility index (Phi) is 2.46. The molecule has 3 rings (SSSR count). The second-order valence-corrected chi connectivity index (χ2v) is 5.82. The second-order valence-electron chi connectivity index (χ2n) is 5.82. The van der Waals surface area contributed by atoms with E-state index >= 15 is 0 Å². The number of hydrogen-bond acceptors (Lipinski definition) is 3. The van der Waals surface area contributed by atoms with Crippen molar-refractivity contribution in [2.45, 2.75) is 51.0 Å². The van der Waals surface area contributed by atoms with E-state index in [9.17, 15) is 9.90 Å². The largest absolute Gasteiger partial charge is 0.392 e. The summed E-state index contributed by atoms with van der Waals surface area (Å²) in [5.74, 6) is 0.148. The number of hydrogen-bond donors (Lipinski definition) is 1. The highest BCUT2D eigenvalue weighted by Crippen LogP contribution is 2.61. The third-order valence-electron chi connectivity index (χ3n) is 5.26. The van der Waals surface area contributed by atoms with Crippen LogP contribution < -0.4 is 0 Å². The molecule has 1 heterocycles. The van der Waals surface area contributed by atoms with Gasteiger partial charge in [-0.3, -0.25) is 4.79 Å². The molecule has 3 nitrogen and oxygen atoms in total. The van der Waals surface area contributed by atoms with Crippen molar-refractivity contribution in [3.63, 3.8) is 0 Å². The first kappa shape index (κ1) is 11.4. The molecular weight excluding hydrogens is 216 g/mol. The molecule has 2 atom stereocenters. The molecule has 3 heteroatoms. The predicted octanol–water partition coefficient (Wildman–Crippen LogP) is 1.99. The standard InChI is InChI=1S/C14H20O3/c1-13-6-4-12(16)10(9-15)11(13)3-7-14(13)5-2-8-17-14/h15H,2-9H2,1H3/t13-,14?/m1/s1. The Bertz CT molecular complexity index is 390. The number of Topliss-reactive ketones (excluding diaryl/α,β-unsaturated/α-hetero) is 1. The lowest BCUT2D eigenvalue weighted by Crippen LogP contribution is -2.44. The van der Waals surface area contributed by atoms with E-state index in [2.05, 4.69) is 6.92 Å². The van der Waals surface area contributed by atoms with E-state index in [4.69, 9.17) is 4.74 Å². The zero-order valence-electron chi connectivity index (χ0n) is 10.4. The zero-order valence-corrected chi connectivity index (χ0v) is 10.4. The average molecular weight is 236 g/mol. The van der Waals surface area contributed by atoms with Crippen molar-refractivity contribution < 1.29 is 14.6 Å². The van der Waals surface area contributed by atoms with Crippen LogP contribution in [0.4, 0.5) is 0 Å². The molecule has 1 unspecified atom stereocenters. The molecule has 0 bridgehead atoms. The number of ether oxygens (including phenoxy) is 1. The van der Waals surface area contributed by atoms with Crippen molar-refractivity contribution in [2.75, 3.05) is 13.2 Å². The fourth-order valence-corrected chi connectivity index (χ4v) is 4.21. The summed E-state index contributed by atoms with van der Waals surface area (Å²) in [6, 6.07) is 0. The molecule has 17 heavy (non-hydrogen) atoms. The lowest BCUT2D eigenvalue weighted by molar-refractivity contribution is -0.119. The number of rotatable bonds is 1. The summed E-state index contributed by atoms with van der Waals surface area (Å²) in [5.41, 5.74) is 1.84. The Labute approximate surface area is 102 Å². The maximum Gasteiger partial charge on any atom is 0.161 e. The highest BCUT2D eigenvalue weighted by Gasteiger charge is 2.58. The van der Waals surface area contributed by atoms with Crippen LogP contribution in [-0.4, -0.2) is 29.7 Å². The van der Waals surface area contributed by atoms with Gasteiger partial charge in [-0.1, -0.05) is 12.5 Å². The van der Waals surface area contributed by atoms with Crippen molar-refractivity contribution in [1.29, 1.82) is 0 Å². The summed E-state index contributed by atoms with van der Waals surface area (Å²) in [6.45, 7) is 2.99. The molecule has 0 amide bonds. The van der Waals surface area contributed by atoms with Crippen LogP contribution in [-0.2, 0) is 9.53 Å². The molecule has 1 aliphatic heterocycles. The Morgan fingerprint density at radius 2 is 2.12 bits per heavy atom. The molecule has 1 saturated heterocycles. The number of carbonyl (C=O) groups excluding carboxylic acids is 1. The third kappa shape index (κ3) is 1.33. The SMILES string of the molecule is C[C@@]12CCC(=O)C(CO)=C1CCC21CCCO1. The first-order chi connectivity index (χ1) is 8.13. The maximum absolute atomic E-state index is 11.9. The monoisotopic (exact) mass is 236 g/mol. The Balaban J connectivity index is 2.09. The Morgan fingerprint density at radius 1 is 1.29 bits per heavy atom. The second kappa shape index (κ2) is 3.66. The lowest BCUT2D eigenvalue weighted by Gasteiger charge is -2.43. The zero-order chi connectivity index (χ0) is 12.1. The van der Waals surface area contributed by atoms with Gasteiger partial charge < -0.3 is 9.84 Å². The van der Waals surface area contributed by atoms with Crippen molar-refractivity contribution in [3.05, 3.63) is 11.1 Å². The maximum atomic E-state index is 11.9. The van der Waals surface area contributed by atoms with Gasteiger partial charge in [-0.05, 0) is 32.1 Å². The fraction of sp³-hybridized carbons (Fsp3) is 0.786. The van der Waals surface area contributed by atoms with Crippen LogP contribution >= 0.6 is 0 Å². The van der Waals surface area contributed by atoms with Gasteiger partial charge in [-0.25, -0.2) is 0 Å². The van der Waals surface area contributed by atoms with Crippen LogP contribution in [0.2, 0.25) is 0 Å². The molecule has 2 fully saturated rings. The molecule has 3 aliphatic rings. The minimum atomic E-state index is -0.0974. The lowest BCUT2D eigenvalue weighted by atomic mass is 9.65. The molecule has 1 spiro atoms. The van der Waals surface area contributed by atoms with Gasteiger partial charge in [-0.2, -0.15) is 0 Å². The van der Waals surface area contributed by atoms with E-state index in [-0.39, 0.29) is 23.4 Å². The van der Waals surface area contributed by atoms with E-state index in [0.717, 1.165) is 38.7 Å². The number of ketones is 1. The van der Waals surface area contributed by atoms with E-state index in [1.54, 1.807) is 0 Å². The minimum absolute atomic E-state index is 0.00449. The fourth-order valence-electron chi connectivity index (χ4n) is 4.21. The number of aliphatic hydroxyl groups is 1. The normalized spacial score (nSPS) is 41.4. The molecule has 94 valence electrons. The first-order valence-corrected chi connectivity index (χ1v) is 6.63. The van der Waals surface area contributed by atoms with Crippen molar-refractivity contribution in [2.24, 2.45) is 5.41 Å². The predicted molar refractivity (Wildman–Crippen MR) is 63.6 cm³/mol. The number of carbonyl (C=O) groups is 1. The molecule has 0 aromatic rings. The Hall–Kier alpha value is -0.670. The number of aliphatic hydroxyl groups excluding tert-OH is 1. The third-order valence-corrected chi connectivity index (χ3v) is 5.26. The topological polar surface area (TPSA) is 46.5 Å². The van der Waals surface area contributed by atoms with Gasteiger partial charge in [0.15, 0.2) is 5.78 Å². The highest BCUT2D eigenvalue weighted by atomic mass is 16.5. The molecule has 1 N–H and O–H groups in total. The van der Waals surface area contributed by atoms with Crippen LogP contribution in [0.25, 0.3) is 0 Å². The summed E-state index contributed by atoms with van der Waals surface area (Å²) in [7, 11) is 0. The molecule has 2 aliphatic carbocycles.